The fourth-order valence-corrected chi connectivity index (χ4v) is 2.24. The van der Waals surface area contributed by atoms with Crippen molar-refractivity contribution in [1.82, 2.24) is 15.1 Å². The first-order chi connectivity index (χ1) is 9.30. The van der Waals surface area contributed by atoms with Crippen LogP contribution in [0.3, 0.4) is 0 Å². The third-order valence-corrected chi connectivity index (χ3v) is 3.25. The van der Waals surface area contributed by atoms with Crippen molar-refractivity contribution < 1.29 is 4.42 Å². The summed E-state index contributed by atoms with van der Waals surface area (Å²) in [6.07, 6.45) is 3.78. The Morgan fingerprint density at radius 2 is 2.21 bits per heavy atom. The zero-order valence-electron chi connectivity index (χ0n) is 12.0. The Morgan fingerprint density at radius 1 is 1.37 bits per heavy atom. The van der Waals surface area contributed by atoms with E-state index in [2.05, 4.69) is 41.9 Å². The molecule has 2 heterocycles. The molecule has 1 unspecified atom stereocenters. The maximum Gasteiger partial charge on any atom is 0.126 e. The van der Waals surface area contributed by atoms with E-state index in [1.54, 1.807) is 6.26 Å². The van der Waals surface area contributed by atoms with Gasteiger partial charge < -0.3 is 9.73 Å². The maximum absolute atomic E-state index is 5.59. The minimum atomic E-state index is 0.0858. The molecule has 1 N–H and O–H groups in total. The minimum Gasteiger partial charge on any atom is -0.467 e. The van der Waals surface area contributed by atoms with Crippen molar-refractivity contribution >= 4 is 0 Å². The average molecular weight is 261 g/mol. The third kappa shape index (κ3) is 3.07. The molecule has 0 aliphatic rings. The molecule has 0 spiro atoms. The van der Waals surface area contributed by atoms with Gasteiger partial charge in [-0.25, -0.2) is 0 Å². The molecule has 0 bridgehead atoms. The highest BCUT2D eigenvalue weighted by atomic mass is 16.3. The molecule has 0 saturated heterocycles. The molecule has 19 heavy (non-hydrogen) atoms. The predicted octanol–water partition coefficient (Wildman–Crippen LogP) is 3.15. The number of aryl methyl sites for hydroxylation is 2. The van der Waals surface area contributed by atoms with E-state index < -0.39 is 0 Å². The standard InChI is InChI=1S/C15H23N3O/c1-4-9-16-15(14-8-7-10-19-14)13-11-12(5-2)17-18(13)6-3/h7-8,10-11,15-16H,4-6,9H2,1-3H3. The van der Waals surface area contributed by atoms with Crippen LogP contribution in [0.4, 0.5) is 0 Å². The van der Waals surface area contributed by atoms with Crippen molar-refractivity contribution in [1.29, 1.82) is 0 Å². The lowest BCUT2D eigenvalue weighted by Gasteiger charge is -2.17. The second kappa shape index (κ2) is 6.57. The van der Waals surface area contributed by atoms with Gasteiger partial charge in [0.1, 0.15) is 11.8 Å². The quantitative estimate of drug-likeness (QED) is 0.832. The third-order valence-electron chi connectivity index (χ3n) is 3.25. The van der Waals surface area contributed by atoms with Gasteiger partial charge in [0.2, 0.25) is 0 Å². The molecule has 0 aliphatic heterocycles. The molecule has 2 rings (SSSR count). The van der Waals surface area contributed by atoms with Crippen LogP contribution in [0.1, 0.15) is 50.4 Å². The van der Waals surface area contributed by atoms with Crippen LogP contribution in [-0.4, -0.2) is 16.3 Å². The number of nitrogens with zero attached hydrogens (tertiary/aromatic N) is 2. The monoisotopic (exact) mass is 261 g/mol. The lowest BCUT2D eigenvalue weighted by molar-refractivity contribution is 0.427. The molecule has 2 aromatic heterocycles. The van der Waals surface area contributed by atoms with Gasteiger partial charge in [0.15, 0.2) is 0 Å². The molecule has 0 fully saturated rings. The largest absolute Gasteiger partial charge is 0.467 e. The molecule has 4 heteroatoms. The highest BCUT2D eigenvalue weighted by molar-refractivity contribution is 5.23. The Morgan fingerprint density at radius 3 is 2.79 bits per heavy atom. The topological polar surface area (TPSA) is 43.0 Å². The van der Waals surface area contributed by atoms with Gasteiger partial charge in [-0.3, -0.25) is 4.68 Å². The molecule has 4 nitrogen and oxygen atoms in total. The van der Waals surface area contributed by atoms with E-state index in [1.807, 2.05) is 12.1 Å². The number of hydrogen-bond acceptors (Lipinski definition) is 3. The van der Waals surface area contributed by atoms with Gasteiger partial charge >= 0.3 is 0 Å². The first-order valence-electron chi connectivity index (χ1n) is 7.13. The number of rotatable bonds is 7. The Bertz CT molecular complexity index is 487. The number of aromatic nitrogens is 2. The molecule has 0 aliphatic carbocycles. The van der Waals surface area contributed by atoms with E-state index in [9.17, 15) is 0 Å². The van der Waals surface area contributed by atoms with Crippen molar-refractivity contribution in [2.45, 2.75) is 46.2 Å². The number of furan rings is 1. The fraction of sp³-hybridized carbons (Fsp3) is 0.533. The first kappa shape index (κ1) is 13.9. The Labute approximate surface area is 114 Å². The Balaban J connectivity index is 2.34. The van der Waals surface area contributed by atoms with Crippen LogP contribution >= 0.6 is 0 Å². The molecule has 1 atom stereocenters. The normalized spacial score (nSPS) is 12.8. The minimum absolute atomic E-state index is 0.0858. The van der Waals surface area contributed by atoms with Gasteiger partial charge in [-0.1, -0.05) is 13.8 Å². The van der Waals surface area contributed by atoms with E-state index in [0.717, 1.165) is 37.4 Å². The van der Waals surface area contributed by atoms with Crippen molar-refractivity contribution in [2.24, 2.45) is 0 Å². The summed E-state index contributed by atoms with van der Waals surface area (Å²) in [5.41, 5.74) is 2.31. The van der Waals surface area contributed by atoms with Crippen LogP contribution in [0.15, 0.2) is 28.9 Å². The van der Waals surface area contributed by atoms with Crippen LogP contribution in [0, 0.1) is 0 Å². The van der Waals surface area contributed by atoms with E-state index in [0.29, 0.717) is 0 Å². The molecular weight excluding hydrogens is 238 g/mol. The van der Waals surface area contributed by atoms with Crippen LogP contribution in [0.2, 0.25) is 0 Å². The smallest absolute Gasteiger partial charge is 0.126 e. The van der Waals surface area contributed by atoms with Gasteiger partial charge in [0.25, 0.3) is 0 Å². The summed E-state index contributed by atoms with van der Waals surface area (Å²) in [5, 5.41) is 8.17. The van der Waals surface area contributed by atoms with Gasteiger partial charge in [0.05, 0.1) is 17.7 Å². The van der Waals surface area contributed by atoms with Gasteiger partial charge in [-0.05, 0) is 44.5 Å². The second-order valence-corrected chi connectivity index (χ2v) is 4.63. The zero-order valence-corrected chi connectivity index (χ0v) is 12.0. The second-order valence-electron chi connectivity index (χ2n) is 4.63. The number of nitrogens with one attached hydrogen (secondary N) is 1. The Kier molecular flexibility index (Phi) is 4.80. The first-order valence-corrected chi connectivity index (χ1v) is 7.13. The zero-order chi connectivity index (χ0) is 13.7. The number of hydrogen-bond donors (Lipinski definition) is 1. The van der Waals surface area contributed by atoms with Crippen molar-refractivity contribution in [3.63, 3.8) is 0 Å². The predicted molar refractivity (Wildman–Crippen MR) is 76.1 cm³/mol. The fourth-order valence-electron chi connectivity index (χ4n) is 2.24. The highest BCUT2D eigenvalue weighted by Gasteiger charge is 2.21. The highest BCUT2D eigenvalue weighted by Crippen LogP contribution is 2.23. The average Bonchev–Trinajstić information content (AvgIpc) is 3.08. The summed E-state index contributed by atoms with van der Waals surface area (Å²) in [6.45, 7) is 8.26. The van der Waals surface area contributed by atoms with E-state index in [4.69, 9.17) is 4.42 Å². The molecule has 0 amide bonds. The summed E-state index contributed by atoms with van der Waals surface area (Å²) in [7, 11) is 0. The van der Waals surface area contributed by atoms with Crippen LogP contribution in [0.5, 0.6) is 0 Å². The molecule has 104 valence electrons. The lowest BCUT2D eigenvalue weighted by Crippen LogP contribution is -2.25. The van der Waals surface area contributed by atoms with Crippen molar-refractivity contribution in [3.8, 4) is 0 Å². The van der Waals surface area contributed by atoms with Crippen LogP contribution in [0.25, 0.3) is 0 Å². The van der Waals surface area contributed by atoms with Crippen molar-refractivity contribution in [3.05, 3.63) is 41.6 Å². The molecule has 0 saturated carbocycles. The molecule has 2 aromatic rings. The summed E-state index contributed by atoms with van der Waals surface area (Å²) in [4.78, 5) is 0. The van der Waals surface area contributed by atoms with Gasteiger partial charge in [-0.2, -0.15) is 5.10 Å². The van der Waals surface area contributed by atoms with Crippen molar-refractivity contribution in [2.75, 3.05) is 6.54 Å². The van der Waals surface area contributed by atoms with E-state index >= 15 is 0 Å². The molecule has 0 aromatic carbocycles. The van der Waals surface area contributed by atoms with Crippen LogP contribution < -0.4 is 5.32 Å². The summed E-state index contributed by atoms with van der Waals surface area (Å²) in [5.74, 6) is 0.950. The van der Waals surface area contributed by atoms with Gasteiger partial charge in [0, 0.05) is 6.54 Å². The van der Waals surface area contributed by atoms with Crippen LogP contribution in [-0.2, 0) is 13.0 Å². The molecular formula is C15H23N3O. The maximum atomic E-state index is 5.59. The van der Waals surface area contributed by atoms with E-state index in [1.165, 1.54) is 5.69 Å². The van der Waals surface area contributed by atoms with Gasteiger partial charge in [-0.15, -0.1) is 0 Å². The summed E-state index contributed by atoms with van der Waals surface area (Å²) < 4.78 is 7.65. The Hall–Kier alpha value is -1.55. The molecule has 0 radical (unpaired) electrons. The van der Waals surface area contributed by atoms with E-state index in [-0.39, 0.29) is 6.04 Å². The lowest BCUT2D eigenvalue weighted by atomic mass is 10.1. The summed E-state index contributed by atoms with van der Waals surface area (Å²) in [6, 6.07) is 6.22. The summed E-state index contributed by atoms with van der Waals surface area (Å²) >= 11 is 0. The SMILES string of the molecule is CCCNC(c1ccco1)c1cc(CC)nn1CC.